The first kappa shape index (κ1) is 15.9. The van der Waals surface area contributed by atoms with Crippen LogP contribution in [0.3, 0.4) is 0 Å². The Morgan fingerprint density at radius 2 is 1.95 bits per heavy atom. The van der Waals surface area contributed by atoms with E-state index in [9.17, 15) is 9.59 Å². The highest BCUT2D eigenvalue weighted by Gasteiger charge is 2.41. The summed E-state index contributed by atoms with van der Waals surface area (Å²) in [5.41, 5.74) is 0. The topological polar surface area (TPSA) is 55.8 Å². The second-order valence-corrected chi connectivity index (χ2v) is 6.72. The van der Waals surface area contributed by atoms with E-state index in [0.717, 1.165) is 6.42 Å². The second kappa shape index (κ2) is 7.55. The van der Waals surface area contributed by atoms with Crippen LogP contribution in [0.4, 0.5) is 0 Å². The summed E-state index contributed by atoms with van der Waals surface area (Å²) in [6, 6.07) is 0. The molecule has 0 N–H and O–H groups in total. The van der Waals surface area contributed by atoms with E-state index in [2.05, 4.69) is 0 Å². The van der Waals surface area contributed by atoms with Crippen LogP contribution in [0.2, 0.25) is 0 Å². The Labute approximate surface area is 132 Å². The van der Waals surface area contributed by atoms with Crippen LogP contribution < -0.4 is 0 Å². The first-order chi connectivity index (χ1) is 10.8. The lowest BCUT2D eigenvalue weighted by Gasteiger charge is -2.34. The summed E-state index contributed by atoms with van der Waals surface area (Å²) >= 11 is 0. The van der Waals surface area contributed by atoms with Gasteiger partial charge in [0, 0.05) is 13.1 Å². The molecule has 1 amide bonds. The first-order valence-corrected chi connectivity index (χ1v) is 8.60. The highest BCUT2D eigenvalue weighted by molar-refractivity contribution is 5.91. The number of Topliss-reactive ketones (excluding diaryl/α,β-unsaturated/α-hetero) is 1. The Morgan fingerprint density at radius 3 is 2.59 bits per heavy atom. The number of hydrogen-bond acceptors (Lipinski definition) is 4. The number of ether oxygens (including phenoxy) is 2. The highest BCUT2D eigenvalue weighted by Crippen LogP contribution is 2.35. The standard InChI is InChI=1S/C17H26NO4/c19-16-12-22-11-15(16)14(10-13-4-2-1-3-5-13)17(20)18-6-8-21-9-7-18/h11,13-15H,1-10,12H2/t14-,15-/m0/s1. The van der Waals surface area contributed by atoms with Crippen LogP contribution in [0.15, 0.2) is 0 Å². The van der Waals surface area contributed by atoms with Crippen LogP contribution >= 0.6 is 0 Å². The van der Waals surface area contributed by atoms with Crippen molar-refractivity contribution < 1.29 is 19.1 Å². The van der Waals surface area contributed by atoms with Gasteiger partial charge < -0.3 is 14.4 Å². The molecule has 2 atom stereocenters. The zero-order valence-corrected chi connectivity index (χ0v) is 13.2. The normalized spacial score (nSPS) is 28.8. The van der Waals surface area contributed by atoms with Gasteiger partial charge in [-0.25, -0.2) is 0 Å². The number of carbonyl (C=O) groups is 2. The van der Waals surface area contributed by atoms with Gasteiger partial charge in [-0.2, -0.15) is 0 Å². The minimum atomic E-state index is -0.350. The molecule has 0 aromatic carbocycles. The molecule has 3 aliphatic rings. The third-order valence-corrected chi connectivity index (χ3v) is 5.23. The van der Waals surface area contributed by atoms with Gasteiger partial charge in [0.1, 0.15) is 6.61 Å². The SMILES string of the molecule is O=C1CO[CH][C@H]1[C@H](CC1CCCCC1)C(=O)N1CCOCC1. The summed E-state index contributed by atoms with van der Waals surface area (Å²) in [5.74, 6) is 0.162. The van der Waals surface area contributed by atoms with Crippen LogP contribution in [0.1, 0.15) is 38.5 Å². The van der Waals surface area contributed by atoms with Crippen LogP contribution in [0, 0.1) is 24.4 Å². The quantitative estimate of drug-likeness (QED) is 0.795. The summed E-state index contributed by atoms with van der Waals surface area (Å²) in [5, 5.41) is 0. The number of amides is 1. The van der Waals surface area contributed by atoms with Gasteiger partial charge in [-0.3, -0.25) is 9.59 Å². The van der Waals surface area contributed by atoms with E-state index in [1.807, 2.05) is 4.90 Å². The van der Waals surface area contributed by atoms with Crippen LogP contribution in [0.5, 0.6) is 0 Å². The van der Waals surface area contributed by atoms with Gasteiger partial charge in [0.25, 0.3) is 0 Å². The molecule has 5 heteroatoms. The highest BCUT2D eigenvalue weighted by atomic mass is 16.5. The van der Waals surface area contributed by atoms with Crippen molar-refractivity contribution in [3.05, 3.63) is 6.61 Å². The minimum Gasteiger partial charge on any atom is -0.378 e. The molecule has 0 aromatic rings. The summed E-state index contributed by atoms with van der Waals surface area (Å²) in [6.07, 6.45) is 7.01. The van der Waals surface area contributed by atoms with Gasteiger partial charge in [0.05, 0.1) is 31.7 Å². The van der Waals surface area contributed by atoms with Crippen molar-refractivity contribution >= 4 is 11.7 Å². The second-order valence-electron chi connectivity index (χ2n) is 6.72. The smallest absolute Gasteiger partial charge is 0.226 e. The Hall–Kier alpha value is -0.940. The van der Waals surface area contributed by atoms with Crippen molar-refractivity contribution in [3.8, 4) is 0 Å². The molecule has 1 saturated carbocycles. The van der Waals surface area contributed by atoms with E-state index < -0.39 is 0 Å². The summed E-state index contributed by atoms with van der Waals surface area (Å²) in [4.78, 5) is 26.9. The lowest BCUT2D eigenvalue weighted by atomic mass is 9.77. The summed E-state index contributed by atoms with van der Waals surface area (Å²) in [7, 11) is 0. The molecule has 123 valence electrons. The lowest BCUT2D eigenvalue weighted by molar-refractivity contribution is -0.144. The maximum Gasteiger partial charge on any atom is 0.226 e. The number of carbonyl (C=O) groups excluding carboxylic acids is 2. The fraction of sp³-hybridized carbons (Fsp3) is 0.824. The largest absolute Gasteiger partial charge is 0.378 e. The molecule has 0 aromatic heterocycles. The predicted molar refractivity (Wildman–Crippen MR) is 80.8 cm³/mol. The molecular formula is C17H26NO4. The van der Waals surface area contributed by atoms with E-state index in [0.29, 0.717) is 32.2 Å². The van der Waals surface area contributed by atoms with E-state index in [4.69, 9.17) is 9.47 Å². The van der Waals surface area contributed by atoms with Gasteiger partial charge in [-0.15, -0.1) is 0 Å². The molecule has 1 aliphatic carbocycles. The molecule has 3 fully saturated rings. The van der Waals surface area contributed by atoms with Crippen molar-refractivity contribution in [1.29, 1.82) is 0 Å². The van der Waals surface area contributed by atoms with Crippen LogP contribution in [-0.2, 0) is 19.1 Å². The third-order valence-electron chi connectivity index (χ3n) is 5.23. The summed E-state index contributed by atoms with van der Waals surface area (Å²) in [6.45, 7) is 4.21. The van der Waals surface area contributed by atoms with Crippen molar-refractivity contribution in [1.82, 2.24) is 4.90 Å². The average molecular weight is 308 g/mol. The average Bonchev–Trinajstić information content (AvgIpc) is 3.00. The predicted octanol–water partition coefficient (Wildman–Crippen LogP) is 1.81. The first-order valence-electron chi connectivity index (χ1n) is 8.60. The number of hydrogen-bond donors (Lipinski definition) is 0. The van der Waals surface area contributed by atoms with E-state index in [-0.39, 0.29) is 30.1 Å². The molecular weight excluding hydrogens is 282 g/mol. The molecule has 0 bridgehead atoms. The maximum absolute atomic E-state index is 12.9. The van der Waals surface area contributed by atoms with Gasteiger partial charge in [0.15, 0.2) is 5.78 Å². The van der Waals surface area contributed by atoms with Gasteiger partial charge in [-0.1, -0.05) is 32.1 Å². The Bertz CT molecular complexity index is 399. The zero-order valence-electron chi connectivity index (χ0n) is 13.2. The molecule has 2 saturated heterocycles. The molecule has 22 heavy (non-hydrogen) atoms. The van der Waals surface area contributed by atoms with Gasteiger partial charge >= 0.3 is 0 Å². The van der Waals surface area contributed by atoms with E-state index >= 15 is 0 Å². The molecule has 2 aliphatic heterocycles. The Kier molecular flexibility index (Phi) is 5.47. The molecule has 3 rings (SSSR count). The molecule has 1 radical (unpaired) electrons. The number of morpholine rings is 1. The minimum absolute atomic E-state index is 0.0578. The Balaban J connectivity index is 1.69. The third kappa shape index (κ3) is 3.69. The number of rotatable bonds is 4. The van der Waals surface area contributed by atoms with E-state index in [1.54, 1.807) is 6.61 Å². The number of ketones is 1. The fourth-order valence-corrected chi connectivity index (χ4v) is 3.93. The van der Waals surface area contributed by atoms with Crippen molar-refractivity contribution in [2.45, 2.75) is 38.5 Å². The van der Waals surface area contributed by atoms with Crippen LogP contribution in [0.25, 0.3) is 0 Å². The van der Waals surface area contributed by atoms with Crippen molar-refractivity contribution in [2.75, 3.05) is 32.9 Å². The molecule has 0 unspecified atom stereocenters. The molecule has 5 nitrogen and oxygen atoms in total. The Morgan fingerprint density at radius 1 is 1.23 bits per heavy atom. The fourth-order valence-electron chi connectivity index (χ4n) is 3.93. The zero-order chi connectivity index (χ0) is 15.4. The monoisotopic (exact) mass is 308 g/mol. The number of nitrogens with zero attached hydrogens (tertiary/aromatic N) is 1. The van der Waals surface area contributed by atoms with Gasteiger partial charge in [-0.05, 0) is 12.3 Å². The molecule has 2 heterocycles. The van der Waals surface area contributed by atoms with Crippen molar-refractivity contribution in [3.63, 3.8) is 0 Å². The van der Waals surface area contributed by atoms with Crippen molar-refractivity contribution in [2.24, 2.45) is 17.8 Å². The van der Waals surface area contributed by atoms with E-state index in [1.165, 1.54) is 32.1 Å². The summed E-state index contributed by atoms with van der Waals surface area (Å²) < 4.78 is 10.5. The lowest BCUT2D eigenvalue weighted by Crippen LogP contribution is -2.46. The van der Waals surface area contributed by atoms with Crippen LogP contribution in [-0.4, -0.2) is 49.5 Å². The van der Waals surface area contributed by atoms with Gasteiger partial charge in [0.2, 0.25) is 5.91 Å². The molecule has 0 spiro atoms. The maximum atomic E-state index is 12.9.